The zero-order chi connectivity index (χ0) is 20.4. The van der Waals surface area contributed by atoms with Gasteiger partial charge in [-0.25, -0.2) is 4.99 Å². The van der Waals surface area contributed by atoms with Gasteiger partial charge in [0.05, 0.1) is 27.7 Å². The van der Waals surface area contributed by atoms with E-state index in [-0.39, 0.29) is 5.91 Å². The number of rotatable bonds is 4. The maximum Gasteiger partial charge on any atom is 0.264 e. The first kappa shape index (κ1) is 19.6. The van der Waals surface area contributed by atoms with Crippen LogP contribution in [0, 0.1) is 0 Å². The molecule has 1 aliphatic rings. The summed E-state index contributed by atoms with van der Waals surface area (Å²) in [5.74, 6) is 1.53. The van der Waals surface area contributed by atoms with Gasteiger partial charge in [0.15, 0.2) is 5.17 Å². The molecule has 2 aromatic carbocycles. The van der Waals surface area contributed by atoms with Crippen molar-refractivity contribution in [1.82, 2.24) is 5.32 Å². The molecular formula is C21H14Cl2N2O3S. The van der Waals surface area contributed by atoms with E-state index < -0.39 is 0 Å². The second-order valence-electron chi connectivity index (χ2n) is 5.98. The Bertz CT molecular complexity index is 1150. The lowest BCUT2D eigenvalue weighted by atomic mass is 10.2. The molecule has 29 heavy (non-hydrogen) atoms. The van der Waals surface area contributed by atoms with Crippen molar-refractivity contribution in [1.29, 1.82) is 0 Å². The number of nitrogens with zero attached hydrogens (tertiary/aromatic N) is 1. The lowest BCUT2D eigenvalue weighted by molar-refractivity contribution is -0.115. The maximum atomic E-state index is 12.3. The Balaban J connectivity index is 1.55. The fraction of sp³-hybridized carbons (Fsp3) is 0.0476. The molecule has 1 fully saturated rings. The summed E-state index contributed by atoms with van der Waals surface area (Å²) in [7, 11) is 1.56. The van der Waals surface area contributed by atoms with Crippen LogP contribution in [-0.2, 0) is 4.79 Å². The van der Waals surface area contributed by atoms with Gasteiger partial charge >= 0.3 is 0 Å². The molecule has 0 aliphatic carbocycles. The summed E-state index contributed by atoms with van der Waals surface area (Å²) in [6, 6.07) is 16.2. The number of halogens is 2. The van der Waals surface area contributed by atoms with Gasteiger partial charge in [-0.15, -0.1) is 0 Å². The minimum Gasteiger partial charge on any atom is -0.495 e. The Morgan fingerprint density at radius 2 is 1.93 bits per heavy atom. The lowest BCUT2D eigenvalue weighted by Gasteiger charge is -2.04. The summed E-state index contributed by atoms with van der Waals surface area (Å²) >= 11 is 13.5. The number of furan rings is 1. The van der Waals surface area contributed by atoms with Crippen molar-refractivity contribution in [3.05, 3.63) is 75.3 Å². The third kappa shape index (κ3) is 4.34. The molecule has 1 aliphatic heterocycles. The van der Waals surface area contributed by atoms with Crippen molar-refractivity contribution in [2.45, 2.75) is 0 Å². The molecule has 1 saturated heterocycles. The first-order chi connectivity index (χ1) is 14.0. The molecular weight excluding hydrogens is 431 g/mol. The molecule has 0 atom stereocenters. The number of hydrogen-bond acceptors (Lipinski definition) is 5. The zero-order valence-corrected chi connectivity index (χ0v) is 17.4. The first-order valence-electron chi connectivity index (χ1n) is 8.51. The van der Waals surface area contributed by atoms with Crippen LogP contribution in [-0.4, -0.2) is 18.2 Å². The molecule has 0 bridgehead atoms. The Labute approximate surface area is 181 Å². The molecule has 1 amide bonds. The maximum absolute atomic E-state index is 12.3. The number of para-hydroxylation sites is 1. The van der Waals surface area contributed by atoms with Crippen LogP contribution in [0.1, 0.15) is 5.76 Å². The Morgan fingerprint density at radius 1 is 1.10 bits per heavy atom. The van der Waals surface area contributed by atoms with E-state index in [1.165, 1.54) is 11.8 Å². The second-order valence-corrected chi connectivity index (χ2v) is 7.83. The van der Waals surface area contributed by atoms with Crippen LogP contribution in [0.2, 0.25) is 10.0 Å². The molecule has 0 radical (unpaired) electrons. The number of methoxy groups -OCH3 is 1. The Morgan fingerprint density at radius 3 is 2.69 bits per heavy atom. The SMILES string of the molecule is COc1ccc(-c2ccc(C=C3SC(=Nc4ccccc4Cl)NC3=O)o2)cc1Cl. The van der Waals surface area contributed by atoms with Crippen LogP contribution in [0.3, 0.4) is 0 Å². The second kappa shape index (κ2) is 8.37. The average molecular weight is 445 g/mol. The zero-order valence-electron chi connectivity index (χ0n) is 15.1. The van der Waals surface area contributed by atoms with Gasteiger partial charge in [0.1, 0.15) is 17.3 Å². The minimum absolute atomic E-state index is 0.244. The van der Waals surface area contributed by atoms with Crippen LogP contribution in [0.25, 0.3) is 17.4 Å². The summed E-state index contributed by atoms with van der Waals surface area (Å²) < 4.78 is 11.0. The Hall–Kier alpha value is -2.67. The molecule has 0 unspecified atom stereocenters. The summed E-state index contributed by atoms with van der Waals surface area (Å²) in [5.41, 5.74) is 1.40. The fourth-order valence-electron chi connectivity index (χ4n) is 2.67. The van der Waals surface area contributed by atoms with E-state index >= 15 is 0 Å². The summed E-state index contributed by atoms with van der Waals surface area (Å²) in [6.07, 6.45) is 1.67. The van der Waals surface area contributed by atoms with Gasteiger partial charge in [0.2, 0.25) is 0 Å². The highest BCUT2D eigenvalue weighted by atomic mass is 35.5. The number of benzene rings is 2. The summed E-state index contributed by atoms with van der Waals surface area (Å²) in [4.78, 5) is 17.1. The van der Waals surface area contributed by atoms with E-state index in [4.69, 9.17) is 32.4 Å². The first-order valence-corrected chi connectivity index (χ1v) is 10.1. The fourth-order valence-corrected chi connectivity index (χ4v) is 3.92. The van der Waals surface area contributed by atoms with E-state index in [9.17, 15) is 4.79 Å². The standard InChI is InChI=1S/C21H14Cl2N2O3S/c1-27-18-8-6-12(10-15(18)23)17-9-7-13(28-17)11-19-20(26)25-21(29-19)24-16-5-3-2-4-14(16)22/h2-11H,1H3,(H,24,25,26). The van der Waals surface area contributed by atoms with Gasteiger partial charge in [-0.3, -0.25) is 4.79 Å². The molecule has 4 rings (SSSR count). The molecule has 1 aromatic heterocycles. The van der Waals surface area contributed by atoms with Crippen molar-refractivity contribution in [3.63, 3.8) is 0 Å². The summed E-state index contributed by atoms with van der Waals surface area (Å²) in [5, 5.41) is 4.20. The third-order valence-corrected chi connectivity index (χ3v) is 5.59. The quantitative estimate of drug-likeness (QED) is 0.489. The largest absolute Gasteiger partial charge is 0.495 e. The van der Waals surface area contributed by atoms with Gasteiger partial charge in [-0.1, -0.05) is 35.3 Å². The molecule has 2 heterocycles. The molecule has 5 nitrogen and oxygen atoms in total. The number of carbonyl (C=O) groups excluding carboxylic acids is 1. The molecule has 1 N–H and O–H groups in total. The predicted octanol–water partition coefficient (Wildman–Crippen LogP) is 6.15. The minimum atomic E-state index is -0.244. The van der Waals surface area contributed by atoms with E-state index in [0.29, 0.717) is 43.1 Å². The smallest absolute Gasteiger partial charge is 0.264 e. The number of ether oxygens (including phenoxy) is 1. The number of amidine groups is 1. The van der Waals surface area contributed by atoms with E-state index in [1.807, 2.05) is 24.3 Å². The number of hydrogen-bond donors (Lipinski definition) is 1. The van der Waals surface area contributed by atoms with Crippen LogP contribution < -0.4 is 10.1 Å². The molecule has 146 valence electrons. The topological polar surface area (TPSA) is 63.8 Å². The van der Waals surface area contributed by atoms with E-state index in [0.717, 1.165) is 5.56 Å². The third-order valence-electron chi connectivity index (χ3n) is 4.06. The number of aliphatic imine (C=N–C) groups is 1. The van der Waals surface area contributed by atoms with Crippen molar-refractivity contribution < 1.29 is 13.9 Å². The number of nitrogens with one attached hydrogen (secondary N) is 1. The van der Waals surface area contributed by atoms with Gasteiger partial charge in [0.25, 0.3) is 5.91 Å². The predicted molar refractivity (Wildman–Crippen MR) is 118 cm³/mol. The Kier molecular flexibility index (Phi) is 5.67. The highest BCUT2D eigenvalue weighted by molar-refractivity contribution is 8.18. The van der Waals surface area contributed by atoms with Gasteiger partial charge in [-0.2, -0.15) is 0 Å². The average Bonchev–Trinajstić information content (AvgIpc) is 3.31. The summed E-state index contributed by atoms with van der Waals surface area (Å²) in [6.45, 7) is 0. The molecule has 8 heteroatoms. The number of carbonyl (C=O) groups is 1. The monoisotopic (exact) mass is 444 g/mol. The van der Waals surface area contributed by atoms with Crippen molar-refractivity contribution >= 4 is 57.8 Å². The lowest BCUT2D eigenvalue weighted by Crippen LogP contribution is -2.19. The van der Waals surface area contributed by atoms with Crippen molar-refractivity contribution in [3.8, 4) is 17.1 Å². The highest BCUT2D eigenvalue weighted by Crippen LogP contribution is 2.33. The van der Waals surface area contributed by atoms with Crippen molar-refractivity contribution in [2.75, 3.05) is 7.11 Å². The van der Waals surface area contributed by atoms with Crippen LogP contribution in [0.15, 0.2) is 68.9 Å². The normalized spacial score (nSPS) is 16.4. The highest BCUT2D eigenvalue weighted by Gasteiger charge is 2.24. The van der Waals surface area contributed by atoms with Gasteiger partial charge in [0, 0.05) is 11.6 Å². The number of amides is 1. The van der Waals surface area contributed by atoms with Gasteiger partial charge in [-0.05, 0) is 54.2 Å². The van der Waals surface area contributed by atoms with Crippen LogP contribution >= 0.6 is 35.0 Å². The van der Waals surface area contributed by atoms with Crippen LogP contribution in [0.4, 0.5) is 5.69 Å². The molecule has 0 saturated carbocycles. The number of thioether (sulfide) groups is 1. The molecule has 3 aromatic rings. The van der Waals surface area contributed by atoms with Gasteiger partial charge < -0.3 is 14.5 Å². The van der Waals surface area contributed by atoms with Crippen molar-refractivity contribution in [2.24, 2.45) is 4.99 Å². The molecule has 0 spiro atoms. The van der Waals surface area contributed by atoms with E-state index in [1.54, 1.807) is 43.5 Å². The van der Waals surface area contributed by atoms with E-state index in [2.05, 4.69) is 10.3 Å². The van der Waals surface area contributed by atoms with Crippen LogP contribution in [0.5, 0.6) is 5.75 Å².